The third-order valence-corrected chi connectivity index (χ3v) is 4.85. The predicted octanol–water partition coefficient (Wildman–Crippen LogP) is 5.25. The van der Waals surface area contributed by atoms with Gasteiger partial charge in [0.25, 0.3) is 0 Å². The van der Waals surface area contributed by atoms with Crippen LogP contribution in [0.1, 0.15) is 24.1 Å². The number of halogens is 4. The van der Waals surface area contributed by atoms with Gasteiger partial charge in [0.1, 0.15) is 17.7 Å². The van der Waals surface area contributed by atoms with E-state index in [1.165, 1.54) is 47.9 Å². The van der Waals surface area contributed by atoms with E-state index in [1.54, 1.807) is 6.92 Å². The van der Waals surface area contributed by atoms with Gasteiger partial charge in [0, 0.05) is 22.7 Å². The molecule has 9 heteroatoms. The number of nitriles is 1. The molecule has 0 N–H and O–H groups in total. The van der Waals surface area contributed by atoms with Crippen molar-refractivity contribution in [2.24, 2.45) is 0 Å². The summed E-state index contributed by atoms with van der Waals surface area (Å²) < 4.78 is 47.3. The van der Waals surface area contributed by atoms with Gasteiger partial charge in [-0.15, -0.1) is 0 Å². The van der Waals surface area contributed by atoms with E-state index in [2.05, 4.69) is 4.98 Å². The molecule has 0 saturated carbocycles. The molecule has 0 aliphatic carbocycles. The van der Waals surface area contributed by atoms with E-state index in [-0.39, 0.29) is 23.6 Å². The fraction of sp³-hybridized carbons (Fsp3) is 0.294. The number of rotatable bonds is 6. The van der Waals surface area contributed by atoms with Crippen molar-refractivity contribution < 1.29 is 17.9 Å². The van der Waals surface area contributed by atoms with E-state index in [0.29, 0.717) is 9.92 Å². The van der Waals surface area contributed by atoms with Crippen molar-refractivity contribution in [2.45, 2.75) is 24.0 Å². The van der Waals surface area contributed by atoms with Crippen LogP contribution in [0.3, 0.4) is 0 Å². The van der Waals surface area contributed by atoms with Gasteiger partial charge in [0.05, 0.1) is 7.11 Å². The number of aromatic nitrogens is 1. The maximum absolute atomic E-state index is 13.7. The van der Waals surface area contributed by atoms with Crippen molar-refractivity contribution >= 4 is 23.5 Å². The van der Waals surface area contributed by atoms with Crippen molar-refractivity contribution in [1.82, 2.24) is 9.29 Å². The fourth-order valence-corrected chi connectivity index (χ4v) is 3.47. The number of alkyl halides is 3. The quantitative estimate of drug-likeness (QED) is 0.619. The molecule has 0 bridgehead atoms. The van der Waals surface area contributed by atoms with Crippen LogP contribution in [0.25, 0.3) is 0 Å². The number of hydrogen-bond donors (Lipinski definition) is 0. The Hall–Kier alpha value is -1.95. The third kappa shape index (κ3) is 4.81. The lowest BCUT2D eigenvalue weighted by Crippen LogP contribution is -2.34. The highest BCUT2D eigenvalue weighted by Crippen LogP contribution is 2.43. The predicted molar refractivity (Wildman–Crippen MR) is 94.0 cm³/mol. The molecule has 2 rings (SSSR count). The van der Waals surface area contributed by atoms with Gasteiger partial charge in [-0.25, -0.2) is 9.29 Å². The maximum Gasteiger partial charge on any atom is 0.408 e. The Morgan fingerprint density at radius 1 is 1.35 bits per heavy atom. The summed E-state index contributed by atoms with van der Waals surface area (Å²) in [5.74, 6) is 0.130. The second-order valence-corrected chi connectivity index (χ2v) is 6.72. The molecule has 0 amide bonds. The minimum atomic E-state index is -4.49. The molecule has 1 aromatic heterocycles. The average molecular weight is 402 g/mol. The molecule has 26 heavy (non-hydrogen) atoms. The highest BCUT2D eigenvalue weighted by atomic mass is 35.5. The zero-order valence-corrected chi connectivity index (χ0v) is 15.5. The van der Waals surface area contributed by atoms with E-state index >= 15 is 0 Å². The van der Waals surface area contributed by atoms with Crippen LogP contribution in [0.5, 0.6) is 5.88 Å². The smallest absolute Gasteiger partial charge is 0.408 e. The van der Waals surface area contributed by atoms with Crippen LogP contribution in [0.2, 0.25) is 5.02 Å². The zero-order valence-electron chi connectivity index (χ0n) is 13.9. The van der Waals surface area contributed by atoms with Gasteiger partial charge in [-0.05, 0) is 35.7 Å². The van der Waals surface area contributed by atoms with Gasteiger partial charge in [-0.3, -0.25) is 0 Å². The first kappa shape index (κ1) is 20.4. The summed E-state index contributed by atoms with van der Waals surface area (Å²) in [6.07, 6.45) is -3.11. The molecule has 1 heterocycles. The normalized spacial score (nSPS) is 12.7. The summed E-state index contributed by atoms with van der Waals surface area (Å²) in [6, 6.07) is 7.11. The number of benzene rings is 1. The molecule has 0 unspecified atom stereocenters. The van der Waals surface area contributed by atoms with Crippen LogP contribution in [0.15, 0.2) is 41.4 Å². The van der Waals surface area contributed by atoms with E-state index in [1.807, 2.05) is 6.07 Å². The standard InChI is InChI=1S/C17H15ClF3N3OS/c1-3-24(26-14-8-12(9-22)16(25-2)23-10-14)15(17(19,20)21)11-4-6-13(18)7-5-11/h4-8,10,15H,3H2,1-2H3/t15-/m1/s1. The van der Waals surface area contributed by atoms with E-state index in [9.17, 15) is 13.2 Å². The van der Waals surface area contributed by atoms with Gasteiger partial charge in [-0.2, -0.15) is 18.4 Å². The van der Waals surface area contributed by atoms with Crippen molar-refractivity contribution in [3.63, 3.8) is 0 Å². The van der Waals surface area contributed by atoms with E-state index in [0.717, 1.165) is 11.9 Å². The van der Waals surface area contributed by atoms with Crippen molar-refractivity contribution in [1.29, 1.82) is 5.26 Å². The van der Waals surface area contributed by atoms with Crippen molar-refractivity contribution in [3.8, 4) is 11.9 Å². The van der Waals surface area contributed by atoms with Gasteiger partial charge in [0.2, 0.25) is 5.88 Å². The van der Waals surface area contributed by atoms with Gasteiger partial charge in [0.15, 0.2) is 0 Å². The largest absolute Gasteiger partial charge is 0.480 e. The van der Waals surface area contributed by atoms with Crippen LogP contribution >= 0.6 is 23.5 Å². The Kier molecular flexibility index (Phi) is 6.75. The molecule has 0 saturated heterocycles. The maximum atomic E-state index is 13.7. The van der Waals surface area contributed by atoms with Crippen molar-refractivity contribution in [3.05, 3.63) is 52.7 Å². The molecule has 0 spiro atoms. The highest BCUT2D eigenvalue weighted by Gasteiger charge is 2.44. The van der Waals surface area contributed by atoms with Gasteiger partial charge < -0.3 is 4.74 Å². The SMILES string of the molecule is CCN(Sc1cnc(OC)c(C#N)c1)[C@H](c1ccc(Cl)cc1)C(F)(F)F. The first-order valence-corrected chi connectivity index (χ1v) is 8.66. The van der Waals surface area contributed by atoms with Crippen LogP contribution < -0.4 is 4.74 Å². The molecule has 138 valence electrons. The Labute approximate surface area is 158 Å². The Morgan fingerprint density at radius 2 is 2.00 bits per heavy atom. The highest BCUT2D eigenvalue weighted by molar-refractivity contribution is 7.97. The molecule has 0 fully saturated rings. The molecular weight excluding hydrogens is 387 g/mol. The Morgan fingerprint density at radius 3 is 2.50 bits per heavy atom. The zero-order chi connectivity index (χ0) is 19.3. The molecule has 0 aliphatic rings. The summed E-state index contributed by atoms with van der Waals surface area (Å²) in [4.78, 5) is 4.38. The number of nitrogens with zero attached hydrogens (tertiary/aromatic N) is 3. The molecule has 1 aromatic carbocycles. The fourth-order valence-electron chi connectivity index (χ4n) is 2.32. The molecule has 4 nitrogen and oxygen atoms in total. The van der Waals surface area contributed by atoms with Crippen LogP contribution in [0, 0.1) is 11.3 Å². The third-order valence-electron chi connectivity index (χ3n) is 3.46. The van der Waals surface area contributed by atoms with E-state index < -0.39 is 12.2 Å². The first-order chi connectivity index (χ1) is 12.3. The topological polar surface area (TPSA) is 49.2 Å². The summed E-state index contributed by atoms with van der Waals surface area (Å²) >= 11 is 6.67. The molecule has 2 aromatic rings. The first-order valence-electron chi connectivity index (χ1n) is 7.51. The summed E-state index contributed by atoms with van der Waals surface area (Å²) in [5.41, 5.74) is 0.238. The lowest BCUT2D eigenvalue weighted by molar-refractivity contribution is -0.172. The molecule has 0 radical (unpaired) electrons. The van der Waals surface area contributed by atoms with Gasteiger partial charge >= 0.3 is 6.18 Å². The number of pyridine rings is 1. The lowest BCUT2D eigenvalue weighted by atomic mass is 10.1. The monoisotopic (exact) mass is 401 g/mol. The van der Waals surface area contributed by atoms with Crippen LogP contribution in [-0.4, -0.2) is 29.1 Å². The second-order valence-electron chi connectivity index (χ2n) is 5.16. The van der Waals surface area contributed by atoms with Gasteiger partial charge in [-0.1, -0.05) is 30.7 Å². The summed E-state index contributed by atoms with van der Waals surface area (Å²) in [6.45, 7) is 1.75. The lowest BCUT2D eigenvalue weighted by Gasteiger charge is -2.31. The Balaban J connectivity index is 2.37. The minimum absolute atomic E-state index is 0.0817. The number of hydrogen-bond acceptors (Lipinski definition) is 5. The summed E-state index contributed by atoms with van der Waals surface area (Å²) in [5, 5.41) is 9.49. The minimum Gasteiger partial charge on any atom is -0.480 e. The number of ether oxygens (including phenoxy) is 1. The number of methoxy groups -OCH3 is 1. The molecule has 0 aliphatic heterocycles. The second kappa shape index (κ2) is 8.62. The van der Waals surface area contributed by atoms with E-state index in [4.69, 9.17) is 21.6 Å². The summed E-state index contributed by atoms with van der Waals surface area (Å²) in [7, 11) is 1.37. The van der Waals surface area contributed by atoms with Crippen LogP contribution in [0.4, 0.5) is 13.2 Å². The Bertz CT molecular complexity index is 793. The van der Waals surface area contributed by atoms with Crippen molar-refractivity contribution in [2.75, 3.05) is 13.7 Å². The van der Waals surface area contributed by atoms with Crippen LogP contribution in [-0.2, 0) is 0 Å². The molecule has 1 atom stereocenters. The molecular formula is C17H15ClF3N3OS. The average Bonchev–Trinajstić information content (AvgIpc) is 2.61.